The first-order chi connectivity index (χ1) is 14.6. The lowest BCUT2D eigenvalue weighted by atomic mass is 10.1. The van der Waals surface area contributed by atoms with Gasteiger partial charge in [0, 0.05) is 42.7 Å². The fraction of sp³-hybridized carbons (Fsp3) is 0.375. The lowest BCUT2D eigenvalue weighted by molar-refractivity contribution is -0.901. The molecule has 2 N–H and O–H groups in total. The minimum Gasteiger partial charge on any atom is -0.496 e. The van der Waals surface area contributed by atoms with E-state index in [1.807, 2.05) is 6.07 Å². The normalized spacial score (nSPS) is 14.1. The number of nitrogens with one attached hydrogen (secondary N) is 2. The molecular formula is C24H31N2O4+. The molecule has 1 aliphatic rings. The summed E-state index contributed by atoms with van der Waals surface area (Å²) in [5, 5.41) is 2.99. The number of methoxy groups -OCH3 is 3. The third-order valence-electron chi connectivity index (χ3n) is 5.47. The van der Waals surface area contributed by atoms with Crippen molar-refractivity contribution < 1.29 is 23.9 Å². The van der Waals surface area contributed by atoms with Gasteiger partial charge in [-0.3, -0.25) is 4.79 Å². The van der Waals surface area contributed by atoms with Gasteiger partial charge < -0.3 is 24.4 Å². The highest BCUT2D eigenvalue weighted by Crippen LogP contribution is 2.35. The van der Waals surface area contributed by atoms with E-state index in [4.69, 9.17) is 14.2 Å². The summed E-state index contributed by atoms with van der Waals surface area (Å²) < 4.78 is 16.0. The molecule has 1 saturated heterocycles. The molecule has 6 nitrogen and oxygen atoms in total. The maximum Gasteiger partial charge on any atom is 0.244 e. The van der Waals surface area contributed by atoms with Gasteiger partial charge in [-0.1, -0.05) is 24.3 Å². The van der Waals surface area contributed by atoms with Crippen molar-refractivity contribution in [2.45, 2.75) is 25.9 Å². The molecule has 2 aromatic carbocycles. The molecule has 0 spiro atoms. The number of carbonyl (C=O) groups excluding carboxylic acids is 1. The molecule has 0 atom stereocenters. The minimum absolute atomic E-state index is 0.157. The number of ether oxygens (including phenoxy) is 3. The number of quaternary nitrogens is 1. The Balaban J connectivity index is 1.64. The lowest BCUT2D eigenvalue weighted by Crippen LogP contribution is -3.08. The molecule has 0 aromatic heterocycles. The molecule has 0 saturated carbocycles. The Morgan fingerprint density at radius 2 is 1.60 bits per heavy atom. The van der Waals surface area contributed by atoms with Gasteiger partial charge in [0.25, 0.3) is 0 Å². The largest absolute Gasteiger partial charge is 0.496 e. The summed E-state index contributed by atoms with van der Waals surface area (Å²) in [6.07, 6.45) is 5.84. The van der Waals surface area contributed by atoms with Crippen LogP contribution in [0.1, 0.15) is 29.5 Å². The SMILES string of the molecule is COc1cc(OC)c(OC)cc1/C=C/C(=O)NCc1ccccc1C[NH+]1CCCC1. The molecule has 2 aromatic rings. The predicted octanol–water partition coefficient (Wildman–Crippen LogP) is 2.22. The van der Waals surface area contributed by atoms with Crippen LogP contribution >= 0.6 is 0 Å². The molecule has 0 unspecified atom stereocenters. The van der Waals surface area contributed by atoms with Gasteiger partial charge in [-0.25, -0.2) is 0 Å². The summed E-state index contributed by atoms with van der Waals surface area (Å²) in [7, 11) is 4.73. The second kappa shape index (κ2) is 10.7. The highest BCUT2D eigenvalue weighted by molar-refractivity contribution is 5.92. The zero-order chi connectivity index (χ0) is 21.3. The fourth-order valence-electron chi connectivity index (χ4n) is 3.81. The average Bonchev–Trinajstić information content (AvgIpc) is 3.29. The van der Waals surface area contributed by atoms with E-state index in [9.17, 15) is 4.79 Å². The first-order valence-electron chi connectivity index (χ1n) is 10.3. The van der Waals surface area contributed by atoms with E-state index in [2.05, 4.69) is 23.5 Å². The smallest absolute Gasteiger partial charge is 0.244 e. The third-order valence-corrected chi connectivity index (χ3v) is 5.47. The summed E-state index contributed by atoms with van der Waals surface area (Å²) in [6.45, 7) is 3.99. The number of benzene rings is 2. The molecule has 0 bridgehead atoms. The van der Waals surface area contributed by atoms with Crippen LogP contribution in [0.2, 0.25) is 0 Å². The zero-order valence-electron chi connectivity index (χ0n) is 18.0. The standard InChI is InChI=1S/C24H30N2O4/c1-28-21-15-23(30-3)22(29-2)14-18(21)10-11-24(27)25-16-19-8-4-5-9-20(19)17-26-12-6-7-13-26/h4-5,8-11,14-15H,6-7,12-13,16-17H2,1-3H3,(H,25,27)/p+1/b11-10+. The number of rotatable bonds is 9. The summed E-state index contributed by atoms with van der Waals surface area (Å²) in [5.41, 5.74) is 3.21. The van der Waals surface area contributed by atoms with Crippen molar-refractivity contribution >= 4 is 12.0 Å². The number of hydrogen-bond donors (Lipinski definition) is 2. The van der Waals surface area contributed by atoms with Crippen molar-refractivity contribution in [2.75, 3.05) is 34.4 Å². The number of hydrogen-bond acceptors (Lipinski definition) is 4. The van der Waals surface area contributed by atoms with Gasteiger partial charge in [-0.05, 0) is 17.7 Å². The molecule has 6 heteroatoms. The second-order valence-corrected chi connectivity index (χ2v) is 7.40. The van der Waals surface area contributed by atoms with E-state index in [0.717, 1.165) is 12.1 Å². The van der Waals surface area contributed by atoms with Crippen LogP contribution in [0.25, 0.3) is 6.08 Å². The van der Waals surface area contributed by atoms with E-state index in [1.54, 1.807) is 44.4 Å². The monoisotopic (exact) mass is 411 g/mol. The molecule has 30 heavy (non-hydrogen) atoms. The average molecular weight is 412 g/mol. The molecule has 0 aliphatic carbocycles. The molecule has 0 radical (unpaired) electrons. The first-order valence-corrected chi connectivity index (χ1v) is 10.3. The van der Waals surface area contributed by atoms with Crippen molar-refractivity contribution in [3.05, 3.63) is 59.2 Å². The summed E-state index contributed by atoms with van der Waals surface area (Å²) in [4.78, 5) is 14.0. The van der Waals surface area contributed by atoms with Gasteiger partial charge in [0.1, 0.15) is 12.3 Å². The molecule has 160 valence electrons. The van der Waals surface area contributed by atoms with Crippen LogP contribution in [0, 0.1) is 0 Å². The highest BCUT2D eigenvalue weighted by atomic mass is 16.5. The van der Waals surface area contributed by atoms with Gasteiger partial charge in [0.05, 0.1) is 34.4 Å². The van der Waals surface area contributed by atoms with Crippen molar-refractivity contribution in [2.24, 2.45) is 0 Å². The van der Waals surface area contributed by atoms with Crippen molar-refractivity contribution in [1.82, 2.24) is 5.32 Å². The molecule has 1 heterocycles. The van der Waals surface area contributed by atoms with E-state index >= 15 is 0 Å². The summed E-state index contributed by atoms with van der Waals surface area (Å²) >= 11 is 0. The van der Waals surface area contributed by atoms with Gasteiger partial charge in [-0.2, -0.15) is 0 Å². The first kappa shape index (κ1) is 21.7. The van der Waals surface area contributed by atoms with E-state index in [1.165, 1.54) is 43.1 Å². The summed E-state index contributed by atoms with van der Waals surface area (Å²) in [5.74, 6) is 1.61. The lowest BCUT2D eigenvalue weighted by Gasteiger charge is -2.15. The van der Waals surface area contributed by atoms with Crippen LogP contribution in [0.5, 0.6) is 17.2 Å². The van der Waals surface area contributed by atoms with Crippen LogP contribution in [0.3, 0.4) is 0 Å². The van der Waals surface area contributed by atoms with Crippen molar-refractivity contribution in [1.29, 1.82) is 0 Å². The predicted molar refractivity (Wildman–Crippen MR) is 117 cm³/mol. The van der Waals surface area contributed by atoms with E-state index in [0.29, 0.717) is 23.8 Å². The topological polar surface area (TPSA) is 61.2 Å². The quantitative estimate of drug-likeness (QED) is 0.622. The van der Waals surface area contributed by atoms with Crippen LogP contribution in [-0.4, -0.2) is 40.3 Å². The van der Waals surface area contributed by atoms with Gasteiger partial charge >= 0.3 is 0 Å². The Bertz CT molecular complexity index is 889. The minimum atomic E-state index is -0.157. The number of amides is 1. The second-order valence-electron chi connectivity index (χ2n) is 7.40. The Labute approximate surface area is 178 Å². The van der Waals surface area contributed by atoms with Gasteiger partial charge in [0.15, 0.2) is 11.5 Å². The Morgan fingerprint density at radius 3 is 2.27 bits per heavy atom. The molecule has 1 fully saturated rings. The van der Waals surface area contributed by atoms with Crippen LogP contribution in [0.15, 0.2) is 42.5 Å². The highest BCUT2D eigenvalue weighted by Gasteiger charge is 2.17. The molecule has 1 amide bonds. The van der Waals surface area contributed by atoms with Gasteiger partial charge in [0.2, 0.25) is 5.91 Å². The maximum atomic E-state index is 12.4. The Hall–Kier alpha value is -2.99. The van der Waals surface area contributed by atoms with Crippen LogP contribution in [-0.2, 0) is 17.9 Å². The Kier molecular flexibility index (Phi) is 7.74. The van der Waals surface area contributed by atoms with Crippen LogP contribution in [0.4, 0.5) is 0 Å². The molecule has 1 aliphatic heterocycles. The third kappa shape index (κ3) is 5.54. The molecule has 3 rings (SSSR count). The Morgan fingerprint density at radius 1 is 0.967 bits per heavy atom. The van der Waals surface area contributed by atoms with E-state index < -0.39 is 0 Å². The van der Waals surface area contributed by atoms with Gasteiger partial charge in [-0.15, -0.1) is 0 Å². The number of carbonyl (C=O) groups is 1. The van der Waals surface area contributed by atoms with Crippen LogP contribution < -0.4 is 24.4 Å². The van der Waals surface area contributed by atoms with Crippen molar-refractivity contribution in [3.63, 3.8) is 0 Å². The fourth-order valence-corrected chi connectivity index (χ4v) is 3.81. The van der Waals surface area contributed by atoms with Crippen molar-refractivity contribution in [3.8, 4) is 17.2 Å². The summed E-state index contributed by atoms with van der Waals surface area (Å²) in [6, 6.07) is 11.9. The zero-order valence-corrected chi connectivity index (χ0v) is 18.0. The molecular weight excluding hydrogens is 380 g/mol. The maximum absolute atomic E-state index is 12.4. The number of likely N-dealkylation sites (tertiary alicyclic amines) is 1. The van der Waals surface area contributed by atoms with E-state index in [-0.39, 0.29) is 5.91 Å².